The minimum atomic E-state index is 0.633. The van der Waals surface area contributed by atoms with Crippen molar-refractivity contribution in [2.45, 2.75) is 12.8 Å². The van der Waals surface area contributed by atoms with Crippen LogP contribution in [0.3, 0.4) is 0 Å². The lowest BCUT2D eigenvalue weighted by atomic mass is 10.2. The van der Waals surface area contributed by atoms with Crippen LogP contribution in [0, 0.1) is 0 Å². The van der Waals surface area contributed by atoms with Gasteiger partial charge in [0.2, 0.25) is 0 Å². The van der Waals surface area contributed by atoms with E-state index in [0.29, 0.717) is 23.1 Å². The maximum Gasteiger partial charge on any atom is 0.170 e. The number of azo groups is 1. The highest BCUT2D eigenvalue weighted by Crippen LogP contribution is 2.34. The van der Waals surface area contributed by atoms with Gasteiger partial charge in [0, 0.05) is 57.9 Å². The summed E-state index contributed by atoms with van der Waals surface area (Å²) in [5.41, 5.74) is 2.46. The summed E-state index contributed by atoms with van der Waals surface area (Å²) < 4.78 is 11.0. The second kappa shape index (κ2) is 14.1. The van der Waals surface area contributed by atoms with Crippen molar-refractivity contribution in [2.75, 3.05) is 89.4 Å². The van der Waals surface area contributed by atoms with E-state index in [0.717, 1.165) is 103 Å². The summed E-state index contributed by atoms with van der Waals surface area (Å²) in [5.74, 6) is 2.03. The number of rotatable bonds is 11. The van der Waals surface area contributed by atoms with Gasteiger partial charge < -0.3 is 20.1 Å². The summed E-state index contributed by atoms with van der Waals surface area (Å²) in [7, 11) is 0. The molecule has 3 aliphatic rings. The van der Waals surface area contributed by atoms with Crippen LogP contribution < -0.4 is 10.6 Å². The van der Waals surface area contributed by atoms with Crippen LogP contribution in [-0.2, 0) is 9.47 Å². The zero-order chi connectivity index (χ0) is 25.8. The summed E-state index contributed by atoms with van der Waals surface area (Å²) in [6.45, 7) is 10.2. The quantitative estimate of drug-likeness (QED) is 0.432. The molecule has 0 spiro atoms. The molecule has 5 rings (SSSR count). The summed E-state index contributed by atoms with van der Waals surface area (Å²) in [6, 6.07) is 10.1. The van der Waals surface area contributed by atoms with Crippen molar-refractivity contribution in [2.24, 2.45) is 10.2 Å². The number of morpholine rings is 2. The number of benzene rings is 1. The third-order valence-corrected chi connectivity index (χ3v) is 6.81. The molecule has 10 heteroatoms. The minimum absolute atomic E-state index is 0.633. The molecule has 1 aromatic carbocycles. The molecule has 10 nitrogen and oxygen atoms in total. The van der Waals surface area contributed by atoms with Crippen molar-refractivity contribution >= 4 is 17.3 Å². The molecule has 2 saturated heterocycles. The molecule has 1 aromatic heterocycles. The van der Waals surface area contributed by atoms with E-state index in [1.807, 2.05) is 36.4 Å². The highest BCUT2D eigenvalue weighted by molar-refractivity contribution is 5.77. The van der Waals surface area contributed by atoms with Gasteiger partial charge in [-0.15, -0.1) is 5.11 Å². The van der Waals surface area contributed by atoms with E-state index >= 15 is 0 Å². The highest BCUT2D eigenvalue weighted by Gasteiger charge is 2.18. The molecule has 2 aliphatic heterocycles. The number of allylic oxidation sites excluding steroid dienone is 3. The lowest BCUT2D eigenvalue weighted by Gasteiger charge is -2.27. The molecule has 3 heterocycles. The molecule has 202 valence electrons. The topological polar surface area (TPSA) is 99.5 Å². The first kappa shape index (κ1) is 26.4. The van der Waals surface area contributed by atoms with Gasteiger partial charge in [-0.1, -0.05) is 42.5 Å². The predicted molar refractivity (Wildman–Crippen MR) is 150 cm³/mol. The summed E-state index contributed by atoms with van der Waals surface area (Å²) in [5, 5.41) is 16.3. The molecule has 2 aromatic rings. The first-order valence-corrected chi connectivity index (χ1v) is 13.7. The summed E-state index contributed by atoms with van der Waals surface area (Å²) >= 11 is 0. The second-order valence-electron chi connectivity index (χ2n) is 9.53. The molecule has 0 radical (unpaired) electrons. The molecule has 38 heavy (non-hydrogen) atoms. The van der Waals surface area contributed by atoms with Crippen molar-refractivity contribution in [3.63, 3.8) is 0 Å². The molecule has 2 N–H and O–H groups in total. The van der Waals surface area contributed by atoms with Crippen LogP contribution in [0.15, 0.2) is 64.5 Å². The van der Waals surface area contributed by atoms with Crippen LogP contribution in [0.4, 0.5) is 17.3 Å². The fraction of sp³-hybridized carbons (Fsp3) is 0.500. The maximum absolute atomic E-state index is 5.50. The Morgan fingerprint density at radius 3 is 1.92 bits per heavy atom. The van der Waals surface area contributed by atoms with Gasteiger partial charge >= 0.3 is 0 Å². The van der Waals surface area contributed by atoms with Crippen LogP contribution in [0.25, 0.3) is 11.4 Å². The Bertz CT molecular complexity index is 1060. The Labute approximate surface area is 224 Å². The summed E-state index contributed by atoms with van der Waals surface area (Å²) in [4.78, 5) is 14.6. The molecular formula is C28H38N8O2. The fourth-order valence-electron chi connectivity index (χ4n) is 4.61. The number of aromatic nitrogens is 2. The van der Waals surface area contributed by atoms with Crippen LogP contribution in [0.5, 0.6) is 0 Å². The lowest BCUT2D eigenvalue weighted by Crippen LogP contribution is -2.39. The molecule has 0 atom stereocenters. The average Bonchev–Trinajstić information content (AvgIpc) is 2.98. The van der Waals surface area contributed by atoms with E-state index < -0.39 is 0 Å². The van der Waals surface area contributed by atoms with Gasteiger partial charge in [0.1, 0.15) is 0 Å². The van der Waals surface area contributed by atoms with Gasteiger partial charge in [-0.05, 0) is 18.9 Å². The van der Waals surface area contributed by atoms with Crippen molar-refractivity contribution in [3.8, 4) is 11.4 Å². The zero-order valence-electron chi connectivity index (χ0n) is 22.0. The molecule has 0 saturated carbocycles. The Morgan fingerprint density at radius 1 is 0.763 bits per heavy atom. The lowest BCUT2D eigenvalue weighted by molar-refractivity contribution is 0.0398. The van der Waals surface area contributed by atoms with Gasteiger partial charge in [0.15, 0.2) is 23.1 Å². The number of hydrogen-bond donors (Lipinski definition) is 2. The van der Waals surface area contributed by atoms with E-state index in [9.17, 15) is 0 Å². The van der Waals surface area contributed by atoms with Gasteiger partial charge in [0.05, 0.1) is 32.1 Å². The van der Waals surface area contributed by atoms with Crippen LogP contribution in [-0.4, -0.2) is 98.6 Å². The van der Waals surface area contributed by atoms with Gasteiger partial charge in [-0.2, -0.15) is 5.11 Å². The fourth-order valence-corrected chi connectivity index (χ4v) is 4.61. The molecular weight excluding hydrogens is 480 g/mol. The standard InChI is InChI=1S/C28H38N8O2/c1-3-7-23(8-4-1)26-31-27(29-11-13-35-15-19-37-20-16-35)25(34-33-24-9-5-2-6-10-24)28(32-26)30-12-14-36-17-21-38-22-18-36/h1,3-5,7-10H,2,6,11-22H2,(H2,29,30,31,32). The Balaban J connectivity index is 1.41. The number of nitrogens with one attached hydrogen (secondary N) is 2. The zero-order valence-corrected chi connectivity index (χ0v) is 22.0. The number of ether oxygens (including phenoxy) is 2. The first-order chi connectivity index (χ1) is 18.8. The first-order valence-electron chi connectivity index (χ1n) is 13.7. The van der Waals surface area contributed by atoms with E-state index in [-0.39, 0.29) is 0 Å². The molecule has 0 amide bonds. The largest absolute Gasteiger partial charge is 0.379 e. The third kappa shape index (κ3) is 7.67. The van der Waals surface area contributed by atoms with E-state index in [1.54, 1.807) is 0 Å². The van der Waals surface area contributed by atoms with Crippen molar-refractivity contribution in [1.82, 2.24) is 19.8 Å². The smallest absolute Gasteiger partial charge is 0.170 e. The summed E-state index contributed by atoms with van der Waals surface area (Å²) in [6.07, 6.45) is 8.27. The normalized spacial score (nSPS) is 19.0. The maximum atomic E-state index is 5.50. The number of hydrogen-bond acceptors (Lipinski definition) is 10. The Morgan fingerprint density at radius 2 is 1.37 bits per heavy atom. The second-order valence-corrected chi connectivity index (χ2v) is 9.53. The molecule has 0 bridgehead atoms. The minimum Gasteiger partial charge on any atom is -0.379 e. The van der Waals surface area contributed by atoms with Crippen molar-refractivity contribution in [1.29, 1.82) is 0 Å². The number of nitrogens with zero attached hydrogens (tertiary/aromatic N) is 6. The number of anilines is 2. The van der Waals surface area contributed by atoms with Gasteiger partial charge in [0.25, 0.3) is 0 Å². The van der Waals surface area contributed by atoms with Crippen LogP contribution >= 0.6 is 0 Å². The highest BCUT2D eigenvalue weighted by atomic mass is 16.5. The van der Waals surface area contributed by atoms with Gasteiger partial charge in [-0.25, -0.2) is 9.97 Å². The van der Waals surface area contributed by atoms with E-state index in [4.69, 9.17) is 19.4 Å². The monoisotopic (exact) mass is 518 g/mol. The SMILES string of the molecule is C1=CC(N=Nc2c(NCCN3CCOCC3)nc(-c3ccccc3)nc2NCCN2CCOCC2)=CCC1. The Kier molecular flexibility index (Phi) is 9.81. The molecule has 2 fully saturated rings. The van der Waals surface area contributed by atoms with Crippen molar-refractivity contribution in [3.05, 3.63) is 54.3 Å². The van der Waals surface area contributed by atoms with Crippen LogP contribution in [0.1, 0.15) is 12.8 Å². The molecule has 1 aliphatic carbocycles. The van der Waals surface area contributed by atoms with E-state index in [1.165, 1.54) is 0 Å². The molecule has 0 unspecified atom stereocenters. The van der Waals surface area contributed by atoms with Crippen molar-refractivity contribution < 1.29 is 9.47 Å². The Hall–Kier alpha value is -3.18. The predicted octanol–water partition coefficient (Wildman–Crippen LogP) is 3.95. The van der Waals surface area contributed by atoms with E-state index in [2.05, 4.69) is 42.8 Å². The van der Waals surface area contributed by atoms with Gasteiger partial charge in [-0.3, -0.25) is 9.80 Å². The average molecular weight is 519 g/mol. The van der Waals surface area contributed by atoms with Crippen LogP contribution in [0.2, 0.25) is 0 Å². The third-order valence-electron chi connectivity index (χ3n) is 6.81.